The molecule has 0 atom stereocenters. The summed E-state index contributed by atoms with van der Waals surface area (Å²) >= 11 is 0. The number of aromatic nitrogens is 2. The Labute approximate surface area is 178 Å². The van der Waals surface area contributed by atoms with Gasteiger partial charge in [-0.15, -0.1) is 0 Å². The fourth-order valence-corrected chi connectivity index (χ4v) is 3.16. The minimum atomic E-state index is -1.13. The normalized spacial score (nSPS) is 14.4. The summed E-state index contributed by atoms with van der Waals surface area (Å²) in [5, 5.41) is 13.9. The first-order valence-corrected chi connectivity index (χ1v) is 8.58. The van der Waals surface area contributed by atoms with Crippen LogP contribution in [0.5, 0.6) is 0 Å². The number of carbonyl (C=O) groups is 2. The quantitative estimate of drug-likeness (QED) is 0.544. The fourth-order valence-electron chi connectivity index (χ4n) is 3.16. The summed E-state index contributed by atoms with van der Waals surface area (Å²) in [6.45, 7) is 0. The Morgan fingerprint density at radius 2 is 1.93 bits per heavy atom. The van der Waals surface area contributed by atoms with Gasteiger partial charge < -0.3 is 20.2 Å². The number of carboxylic acid groups (broad SMARTS) is 1. The molecule has 0 radical (unpaired) electrons. The maximum absolute atomic E-state index is 12.1. The number of aliphatic carboxylic acids is 1. The number of aromatic amines is 1. The maximum atomic E-state index is 12.1. The van der Waals surface area contributed by atoms with Crippen LogP contribution in [0, 0.1) is 5.41 Å². The van der Waals surface area contributed by atoms with Crippen LogP contribution in [0.2, 0.25) is 0 Å². The number of anilines is 1. The molecular formula is C20H18N3NaO3. The predicted octanol–water partition coefficient (Wildman–Crippen LogP) is -0.984. The standard InChI is InChI=1S/C20H19N3O3.Na/c24-18(12-20(8-9-20)19(25)26)21-14-5-3-4-13(10-14)11-17-22-15-6-1-2-7-16(15)23-17;/h1-7,10H,8-9,11-12H2,(H,21,24)(H,22,23)(H,25,26);/q;+1/p-1. The van der Waals surface area contributed by atoms with Crippen LogP contribution in [0.1, 0.15) is 30.7 Å². The molecule has 4 rings (SSSR count). The van der Waals surface area contributed by atoms with Crippen LogP contribution in [0.25, 0.3) is 11.0 Å². The fraction of sp³-hybridized carbons (Fsp3) is 0.250. The summed E-state index contributed by atoms with van der Waals surface area (Å²) in [5.74, 6) is -0.581. The SMILES string of the molecule is O=C(CC1(C(=O)[O-])CC1)Nc1cccc(Cc2nc3ccccc3[nH]2)c1.[Na+]. The summed E-state index contributed by atoms with van der Waals surface area (Å²) in [7, 11) is 0. The molecule has 1 saturated carbocycles. The van der Waals surface area contributed by atoms with E-state index in [1.165, 1.54) is 0 Å². The van der Waals surface area contributed by atoms with Gasteiger partial charge in [-0.3, -0.25) is 4.79 Å². The van der Waals surface area contributed by atoms with Gasteiger partial charge in [0.15, 0.2) is 0 Å². The van der Waals surface area contributed by atoms with E-state index in [9.17, 15) is 14.7 Å². The Morgan fingerprint density at radius 1 is 1.15 bits per heavy atom. The summed E-state index contributed by atoms with van der Waals surface area (Å²) in [6.07, 6.45) is 1.59. The van der Waals surface area contributed by atoms with E-state index in [1.54, 1.807) is 6.07 Å². The van der Waals surface area contributed by atoms with E-state index in [0.717, 1.165) is 22.4 Å². The zero-order valence-electron chi connectivity index (χ0n) is 15.1. The van der Waals surface area contributed by atoms with E-state index in [1.807, 2.05) is 42.5 Å². The Kier molecular flexibility index (Phi) is 5.69. The van der Waals surface area contributed by atoms with Crippen LogP contribution in [-0.4, -0.2) is 21.8 Å². The summed E-state index contributed by atoms with van der Waals surface area (Å²) in [4.78, 5) is 31.1. The molecule has 0 bridgehead atoms. The van der Waals surface area contributed by atoms with Gasteiger partial charge in [-0.2, -0.15) is 0 Å². The molecule has 1 aliphatic carbocycles. The number of benzene rings is 2. The summed E-state index contributed by atoms with van der Waals surface area (Å²) in [5.41, 5.74) is 2.60. The third kappa shape index (κ3) is 4.40. The van der Waals surface area contributed by atoms with E-state index in [0.29, 0.717) is 24.9 Å². The van der Waals surface area contributed by atoms with Gasteiger partial charge in [-0.1, -0.05) is 24.3 Å². The minimum absolute atomic E-state index is 0. The van der Waals surface area contributed by atoms with E-state index in [-0.39, 0.29) is 41.9 Å². The number of hydrogen-bond acceptors (Lipinski definition) is 4. The topological polar surface area (TPSA) is 97.9 Å². The van der Waals surface area contributed by atoms with E-state index in [2.05, 4.69) is 15.3 Å². The monoisotopic (exact) mass is 371 g/mol. The van der Waals surface area contributed by atoms with Crippen LogP contribution < -0.4 is 40.0 Å². The van der Waals surface area contributed by atoms with Crippen LogP contribution >= 0.6 is 0 Å². The molecule has 27 heavy (non-hydrogen) atoms. The number of H-pyrrole nitrogens is 1. The smallest absolute Gasteiger partial charge is 0.550 e. The largest absolute Gasteiger partial charge is 1.00 e. The molecule has 2 aromatic carbocycles. The Bertz CT molecular complexity index is 962. The second kappa shape index (κ2) is 7.84. The van der Waals surface area contributed by atoms with Crippen molar-refractivity contribution in [1.82, 2.24) is 9.97 Å². The number of carboxylic acids is 1. The first kappa shape index (κ1) is 19.6. The number of hydrogen-bond donors (Lipinski definition) is 2. The maximum Gasteiger partial charge on any atom is 1.00 e. The Hall–Kier alpha value is -2.15. The first-order chi connectivity index (χ1) is 12.5. The summed E-state index contributed by atoms with van der Waals surface area (Å²) in [6, 6.07) is 15.3. The van der Waals surface area contributed by atoms with Crippen LogP contribution in [-0.2, 0) is 16.0 Å². The zero-order chi connectivity index (χ0) is 18.1. The first-order valence-electron chi connectivity index (χ1n) is 8.58. The predicted molar refractivity (Wildman–Crippen MR) is 95.3 cm³/mol. The summed E-state index contributed by atoms with van der Waals surface area (Å²) < 4.78 is 0. The van der Waals surface area contributed by atoms with E-state index in [4.69, 9.17) is 0 Å². The van der Waals surface area contributed by atoms with Crippen molar-refractivity contribution in [2.75, 3.05) is 5.32 Å². The van der Waals surface area contributed by atoms with Crippen molar-refractivity contribution in [2.24, 2.45) is 5.41 Å². The van der Waals surface area contributed by atoms with Crippen LogP contribution in [0.4, 0.5) is 5.69 Å². The number of nitrogens with zero attached hydrogens (tertiary/aromatic N) is 1. The van der Waals surface area contributed by atoms with Gasteiger partial charge >= 0.3 is 29.6 Å². The third-order valence-corrected chi connectivity index (χ3v) is 4.81. The molecular weight excluding hydrogens is 353 g/mol. The third-order valence-electron chi connectivity index (χ3n) is 4.81. The van der Waals surface area contributed by atoms with Crippen molar-refractivity contribution in [1.29, 1.82) is 0 Å². The van der Waals surface area contributed by atoms with Gasteiger partial charge in [0.2, 0.25) is 5.91 Å². The number of amides is 1. The van der Waals surface area contributed by atoms with Crippen LogP contribution in [0.3, 0.4) is 0 Å². The van der Waals surface area contributed by atoms with E-state index < -0.39 is 11.4 Å². The molecule has 0 spiro atoms. The number of rotatable bonds is 6. The minimum Gasteiger partial charge on any atom is -0.550 e. The molecule has 132 valence electrons. The molecule has 3 aromatic rings. The average Bonchev–Trinajstić information content (AvgIpc) is 3.27. The van der Waals surface area contributed by atoms with E-state index >= 15 is 0 Å². The molecule has 1 aliphatic rings. The number of para-hydroxylation sites is 2. The number of fused-ring (bicyclic) bond motifs is 1. The van der Waals surface area contributed by atoms with Crippen molar-refractivity contribution < 1.29 is 44.3 Å². The molecule has 1 amide bonds. The van der Waals surface area contributed by atoms with Gasteiger partial charge in [0.1, 0.15) is 5.82 Å². The van der Waals surface area contributed by atoms with Gasteiger partial charge in [-0.05, 0) is 42.7 Å². The van der Waals surface area contributed by atoms with Crippen molar-refractivity contribution in [3.8, 4) is 0 Å². The molecule has 0 saturated heterocycles. The zero-order valence-corrected chi connectivity index (χ0v) is 17.1. The second-order valence-electron chi connectivity index (χ2n) is 6.87. The Balaban J connectivity index is 0.00000210. The van der Waals surface area contributed by atoms with Crippen molar-refractivity contribution >= 4 is 28.6 Å². The number of nitrogens with one attached hydrogen (secondary N) is 2. The molecule has 1 aromatic heterocycles. The van der Waals surface area contributed by atoms with Crippen molar-refractivity contribution in [3.05, 3.63) is 59.9 Å². The van der Waals surface area contributed by atoms with Gasteiger partial charge in [0.25, 0.3) is 0 Å². The van der Waals surface area contributed by atoms with Gasteiger partial charge in [0.05, 0.1) is 11.0 Å². The van der Waals surface area contributed by atoms with Crippen LogP contribution in [0.15, 0.2) is 48.5 Å². The molecule has 6 nitrogen and oxygen atoms in total. The molecule has 0 aliphatic heterocycles. The molecule has 2 N–H and O–H groups in total. The molecule has 1 heterocycles. The molecule has 1 fully saturated rings. The van der Waals surface area contributed by atoms with Gasteiger partial charge in [0, 0.05) is 29.9 Å². The number of imidazole rings is 1. The number of carbonyl (C=O) groups excluding carboxylic acids is 2. The van der Waals surface area contributed by atoms with Gasteiger partial charge in [-0.25, -0.2) is 4.98 Å². The molecule has 7 heteroatoms. The second-order valence-corrected chi connectivity index (χ2v) is 6.87. The van der Waals surface area contributed by atoms with Crippen molar-refractivity contribution in [3.63, 3.8) is 0 Å². The average molecular weight is 371 g/mol. The molecule has 0 unspecified atom stereocenters. The Morgan fingerprint density at radius 3 is 2.63 bits per heavy atom. The van der Waals surface area contributed by atoms with Crippen molar-refractivity contribution in [2.45, 2.75) is 25.7 Å².